The van der Waals surface area contributed by atoms with Crippen molar-refractivity contribution in [3.63, 3.8) is 0 Å². The summed E-state index contributed by atoms with van der Waals surface area (Å²) in [5, 5.41) is 14.9. The van der Waals surface area contributed by atoms with Crippen LogP contribution < -0.4 is 15.4 Å². The second-order valence-corrected chi connectivity index (χ2v) is 5.66. The van der Waals surface area contributed by atoms with E-state index in [1.54, 1.807) is 7.11 Å². The van der Waals surface area contributed by atoms with Gasteiger partial charge in [-0.25, -0.2) is 4.79 Å². The summed E-state index contributed by atoms with van der Waals surface area (Å²) in [6.45, 7) is 2.48. The fraction of sp³-hybridized carbons (Fsp3) is 0.316. The van der Waals surface area contributed by atoms with E-state index in [4.69, 9.17) is 4.74 Å². The Labute approximate surface area is 142 Å². The number of hydrogen-bond donors (Lipinski definition) is 3. The Bertz CT molecular complexity index is 659. The fourth-order valence-electron chi connectivity index (χ4n) is 2.57. The minimum absolute atomic E-state index is 0.0707. The number of urea groups is 1. The molecule has 0 aliphatic rings. The predicted octanol–water partition coefficient (Wildman–Crippen LogP) is 3.29. The Morgan fingerprint density at radius 3 is 2.62 bits per heavy atom. The molecule has 2 amide bonds. The van der Waals surface area contributed by atoms with Crippen molar-refractivity contribution in [2.45, 2.75) is 19.3 Å². The van der Waals surface area contributed by atoms with Crippen LogP contribution in [-0.2, 0) is 0 Å². The molecule has 1 unspecified atom stereocenters. The van der Waals surface area contributed by atoms with Gasteiger partial charge in [-0.1, -0.05) is 36.4 Å². The average Bonchev–Trinajstić information content (AvgIpc) is 2.59. The predicted molar refractivity (Wildman–Crippen MR) is 95.6 cm³/mol. The Hall–Kier alpha value is -2.53. The van der Waals surface area contributed by atoms with E-state index >= 15 is 0 Å². The largest absolute Gasteiger partial charge is 0.495 e. The molecule has 0 spiro atoms. The first-order valence-corrected chi connectivity index (χ1v) is 7.99. The van der Waals surface area contributed by atoms with Crippen molar-refractivity contribution in [1.29, 1.82) is 0 Å². The highest BCUT2D eigenvalue weighted by atomic mass is 16.5. The van der Waals surface area contributed by atoms with Gasteiger partial charge in [0.05, 0.1) is 12.8 Å². The zero-order chi connectivity index (χ0) is 17.4. The molecule has 0 bridgehead atoms. The number of hydrogen-bond acceptors (Lipinski definition) is 3. The number of methoxy groups -OCH3 is 1. The van der Waals surface area contributed by atoms with E-state index in [9.17, 15) is 9.90 Å². The van der Waals surface area contributed by atoms with E-state index < -0.39 is 0 Å². The van der Waals surface area contributed by atoms with Crippen LogP contribution in [-0.4, -0.2) is 31.4 Å². The lowest BCUT2D eigenvalue weighted by Crippen LogP contribution is -2.32. The van der Waals surface area contributed by atoms with Gasteiger partial charge >= 0.3 is 6.03 Å². The molecule has 0 radical (unpaired) electrons. The van der Waals surface area contributed by atoms with Gasteiger partial charge in [0.2, 0.25) is 0 Å². The molecule has 2 aromatic rings. The summed E-state index contributed by atoms with van der Waals surface area (Å²) in [4.78, 5) is 12.2. The van der Waals surface area contributed by atoms with Gasteiger partial charge in [0.1, 0.15) is 5.75 Å². The quantitative estimate of drug-likeness (QED) is 0.730. The van der Waals surface area contributed by atoms with Gasteiger partial charge in [0.15, 0.2) is 0 Å². The first-order chi connectivity index (χ1) is 11.6. The summed E-state index contributed by atoms with van der Waals surface area (Å²) in [6, 6.07) is 15.2. The number of nitrogens with one attached hydrogen (secondary N) is 2. The lowest BCUT2D eigenvalue weighted by molar-refractivity contribution is 0.248. The van der Waals surface area contributed by atoms with Gasteiger partial charge in [0, 0.05) is 19.1 Å². The maximum absolute atomic E-state index is 12.2. The molecule has 0 saturated carbocycles. The number of aliphatic hydroxyl groups excluding tert-OH is 1. The zero-order valence-electron chi connectivity index (χ0n) is 14.1. The van der Waals surface area contributed by atoms with Crippen molar-refractivity contribution in [1.82, 2.24) is 5.32 Å². The zero-order valence-corrected chi connectivity index (χ0v) is 14.1. The summed E-state index contributed by atoms with van der Waals surface area (Å²) in [7, 11) is 1.57. The summed E-state index contributed by atoms with van der Waals surface area (Å²) in [5.41, 5.74) is 2.77. The molecule has 128 valence electrons. The van der Waals surface area contributed by atoms with Crippen LogP contribution in [0.3, 0.4) is 0 Å². The minimum Gasteiger partial charge on any atom is -0.495 e. The number of rotatable bonds is 7. The number of benzene rings is 2. The molecule has 0 fully saturated rings. The van der Waals surface area contributed by atoms with E-state index in [0.29, 0.717) is 24.4 Å². The third-order valence-corrected chi connectivity index (χ3v) is 3.86. The fourth-order valence-corrected chi connectivity index (χ4v) is 2.57. The summed E-state index contributed by atoms with van der Waals surface area (Å²) in [6.07, 6.45) is 0.595. The Morgan fingerprint density at radius 2 is 1.96 bits per heavy atom. The molecule has 0 saturated heterocycles. The van der Waals surface area contributed by atoms with Crippen molar-refractivity contribution in [2.75, 3.05) is 25.6 Å². The second-order valence-electron chi connectivity index (χ2n) is 5.66. The first kappa shape index (κ1) is 17.8. The monoisotopic (exact) mass is 328 g/mol. The second kappa shape index (κ2) is 8.93. The van der Waals surface area contributed by atoms with Crippen molar-refractivity contribution >= 4 is 11.7 Å². The molecule has 2 rings (SSSR count). The van der Waals surface area contributed by atoms with Gasteiger partial charge in [-0.2, -0.15) is 0 Å². The van der Waals surface area contributed by atoms with E-state index in [-0.39, 0.29) is 18.6 Å². The van der Waals surface area contributed by atoms with Crippen LogP contribution in [0.25, 0.3) is 0 Å². The van der Waals surface area contributed by atoms with Gasteiger partial charge in [-0.3, -0.25) is 0 Å². The smallest absolute Gasteiger partial charge is 0.319 e. The standard InChI is InChI=1S/C19H24N2O3/c1-14-8-9-18(24-2)17(12-14)21-19(23)20-13-16(10-11-22)15-6-4-3-5-7-15/h3-9,12,16,22H,10-11,13H2,1-2H3,(H2,20,21,23). The summed E-state index contributed by atoms with van der Waals surface area (Å²) in [5.74, 6) is 0.687. The highest BCUT2D eigenvalue weighted by Gasteiger charge is 2.13. The van der Waals surface area contributed by atoms with Gasteiger partial charge in [0.25, 0.3) is 0 Å². The number of amides is 2. The van der Waals surface area contributed by atoms with Crippen LogP contribution in [0.5, 0.6) is 5.75 Å². The lowest BCUT2D eigenvalue weighted by Gasteiger charge is -2.18. The van der Waals surface area contributed by atoms with Crippen LogP contribution >= 0.6 is 0 Å². The Morgan fingerprint density at radius 1 is 1.21 bits per heavy atom. The molecule has 2 aromatic carbocycles. The van der Waals surface area contributed by atoms with E-state index in [1.165, 1.54) is 0 Å². The third-order valence-electron chi connectivity index (χ3n) is 3.86. The van der Waals surface area contributed by atoms with E-state index in [0.717, 1.165) is 11.1 Å². The Balaban J connectivity index is 1.98. The molecule has 0 aliphatic heterocycles. The number of aliphatic hydroxyl groups is 1. The highest BCUT2D eigenvalue weighted by Crippen LogP contribution is 2.25. The summed E-state index contributed by atoms with van der Waals surface area (Å²) >= 11 is 0. The molecule has 1 atom stereocenters. The van der Waals surface area contributed by atoms with Crippen LogP contribution in [0.2, 0.25) is 0 Å². The number of ether oxygens (including phenoxy) is 1. The molecule has 24 heavy (non-hydrogen) atoms. The first-order valence-electron chi connectivity index (χ1n) is 7.99. The van der Waals surface area contributed by atoms with Crippen LogP contribution in [0.1, 0.15) is 23.5 Å². The number of carbonyl (C=O) groups is 1. The number of aryl methyl sites for hydroxylation is 1. The molecule has 0 aromatic heterocycles. The highest BCUT2D eigenvalue weighted by molar-refractivity contribution is 5.91. The molecule has 5 nitrogen and oxygen atoms in total. The van der Waals surface area contributed by atoms with Gasteiger partial charge in [-0.15, -0.1) is 0 Å². The maximum Gasteiger partial charge on any atom is 0.319 e. The third kappa shape index (κ3) is 4.99. The van der Waals surface area contributed by atoms with Crippen molar-refractivity contribution in [3.05, 3.63) is 59.7 Å². The van der Waals surface area contributed by atoms with Crippen molar-refractivity contribution < 1.29 is 14.6 Å². The van der Waals surface area contributed by atoms with Gasteiger partial charge in [-0.05, 0) is 36.6 Å². The molecular formula is C19H24N2O3. The van der Waals surface area contributed by atoms with Gasteiger partial charge < -0.3 is 20.5 Å². The molecular weight excluding hydrogens is 304 g/mol. The summed E-state index contributed by atoms with van der Waals surface area (Å²) < 4.78 is 5.26. The molecule has 5 heteroatoms. The van der Waals surface area contributed by atoms with E-state index in [2.05, 4.69) is 10.6 Å². The Kier molecular flexibility index (Phi) is 6.63. The number of carbonyl (C=O) groups excluding carboxylic acids is 1. The van der Waals surface area contributed by atoms with Crippen LogP contribution in [0.4, 0.5) is 10.5 Å². The maximum atomic E-state index is 12.2. The van der Waals surface area contributed by atoms with Crippen molar-refractivity contribution in [2.24, 2.45) is 0 Å². The topological polar surface area (TPSA) is 70.6 Å². The average molecular weight is 328 g/mol. The van der Waals surface area contributed by atoms with E-state index in [1.807, 2.05) is 55.5 Å². The van der Waals surface area contributed by atoms with Crippen LogP contribution in [0, 0.1) is 6.92 Å². The SMILES string of the molecule is COc1ccc(C)cc1NC(=O)NCC(CCO)c1ccccc1. The minimum atomic E-state index is -0.294. The van der Waals surface area contributed by atoms with Crippen molar-refractivity contribution in [3.8, 4) is 5.75 Å². The molecule has 0 aliphatic carbocycles. The molecule has 0 heterocycles. The lowest BCUT2D eigenvalue weighted by atomic mass is 9.96. The number of anilines is 1. The molecule has 3 N–H and O–H groups in total. The normalized spacial score (nSPS) is 11.6. The van der Waals surface area contributed by atoms with Crippen LogP contribution in [0.15, 0.2) is 48.5 Å².